The van der Waals surface area contributed by atoms with Crippen molar-refractivity contribution < 1.29 is 19.5 Å². The van der Waals surface area contributed by atoms with Crippen molar-refractivity contribution in [2.75, 3.05) is 0 Å². The number of carbonyl (C=O) groups excluding carboxylic acids is 2. The lowest BCUT2D eigenvalue weighted by molar-refractivity contribution is -0.122. The summed E-state index contributed by atoms with van der Waals surface area (Å²) in [5, 5.41) is 9.60. The highest BCUT2D eigenvalue weighted by atomic mass is 79.9. The maximum Gasteiger partial charge on any atom is 0.336 e. The highest BCUT2D eigenvalue weighted by Gasteiger charge is 2.32. The second-order valence-electron chi connectivity index (χ2n) is 6.17. The van der Waals surface area contributed by atoms with Crippen molar-refractivity contribution >= 4 is 45.2 Å². The van der Waals surface area contributed by atoms with E-state index in [-0.39, 0.29) is 30.2 Å². The van der Waals surface area contributed by atoms with Gasteiger partial charge in [-0.25, -0.2) is 4.79 Å². The molecule has 0 bridgehead atoms. The van der Waals surface area contributed by atoms with Crippen LogP contribution in [0.2, 0.25) is 5.02 Å². The first kappa shape index (κ1) is 18.6. The van der Waals surface area contributed by atoms with Crippen LogP contribution in [0.3, 0.4) is 0 Å². The summed E-state index contributed by atoms with van der Waals surface area (Å²) >= 11 is 9.23. The van der Waals surface area contributed by atoms with Crippen molar-refractivity contribution in [2.45, 2.75) is 25.9 Å². The topological polar surface area (TPSA) is 74.7 Å². The van der Waals surface area contributed by atoms with E-state index in [1.165, 1.54) is 11.0 Å². The van der Waals surface area contributed by atoms with Gasteiger partial charge in [-0.3, -0.25) is 9.59 Å². The summed E-state index contributed by atoms with van der Waals surface area (Å²) in [4.78, 5) is 38.1. The van der Waals surface area contributed by atoms with Gasteiger partial charge in [0.2, 0.25) is 0 Å². The smallest absolute Gasteiger partial charge is 0.336 e. The summed E-state index contributed by atoms with van der Waals surface area (Å²) in [5.41, 5.74) is 1.96. The third kappa shape index (κ3) is 3.52. The molecule has 1 heterocycles. The number of Topliss-reactive ketones (excluding diaryl/α,β-unsaturated/α-hetero) is 1. The summed E-state index contributed by atoms with van der Waals surface area (Å²) in [6.45, 7) is 1.90. The van der Waals surface area contributed by atoms with Crippen molar-refractivity contribution in [2.24, 2.45) is 0 Å². The van der Waals surface area contributed by atoms with Crippen LogP contribution in [0, 0.1) is 0 Å². The van der Waals surface area contributed by atoms with E-state index in [4.69, 9.17) is 16.7 Å². The third-order valence-corrected chi connectivity index (χ3v) is 5.36. The molecule has 26 heavy (non-hydrogen) atoms. The Morgan fingerprint density at radius 2 is 2.00 bits per heavy atom. The number of amides is 1. The third-order valence-electron chi connectivity index (χ3n) is 4.47. The Labute approximate surface area is 163 Å². The van der Waals surface area contributed by atoms with E-state index < -0.39 is 12.0 Å². The van der Waals surface area contributed by atoms with Crippen LogP contribution >= 0.6 is 27.5 Å². The lowest BCUT2D eigenvalue weighted by Crippen LogP contribution is -2.41. The molecule has 0 aliphatic carbocycles. The highest BCUT2D eigenvalue weighted by molar-refractivity contribution is 9.10. The Hall–Kier alpha value is -2.18. The summed E-state index contributed by atoms with van der Waals surface area (Å²) < 4.78 is 0.427. The Morgan fingerprint density at radius 1 is 1.27 bits per heavy atom. The first-order valence-corrected chi connectivity index (χ1v) is 9.09. The fourth-order valence-corrected chi connectivity index (χ4v) is 3.78. The number of fused-ring (bicyclic) bond motifs is 1. The molecular formula is C19H15BrClNO4. The van der Waals surface area contributed by atoms with Gasteiger partial charge in [0.05, 0.1) is 11.6 Å². The van der Waals surface area contributed by atoms with Crippen LogP contribution in [0.1, 0.15) is 38.8 Å². The van der Waals surface area contributed by atoms with E-state index in [1.807, 2.05) is 0 Å². The lowest BCUT2D eigenvalue weighted by atomic mass is 10.0. The highest BCUT2D eigenvalue weighted by Crippen LogP contribution is 2.26. The Morgan fingerprint density at radius 3 is 2.65 bits per heavy atom. The molecule has 1 atom stereocenters. The molecule has 3 rings (SSSR count). The van der Waals surface area contributed by atoms with Crippen molar-refractivity contribution in [1.29, 1.82) is 0 Å². The van der Waals surface area contributed by atoms with Crippen molar-refractivity contribution in [3.8, 4) is 0 Å². The van der Waals surface area contributed by atoms with Gasteiger partial charge in [-0.2, -0.15) is 0 Å². The monoisotopic (exact) mass is 435 g/mol. The van der Waals surface area contributed by atoms with Crippen LogP contribution < -0.4 is 0 Å². The number of carbonyl (C=O) groups is 3. The fourth-order valence-electron chi connectivity index (χ4n) is 2.99. The zero-order valence-corrected chi connectivity index (χ0v) is 16.2. The summed E-state index contributed by atoms with van der Waals surface area (Å²) in [6.07, 6.45) is 0.154. The van der Waals surface area contributed by atoms with E-state index in [1.54, 1.807) is 37.3 Å². The molecule has 5 nitrogen and oxygen atoms in total. The molecule has 0 saturated heterocycles. The number of halogens is 2. The molecule has 1 aliphatic heterocycles. The zero-order valence-electron chi connectivity index (χ0n) is 13.8. The molecule has 7 heteroatoms. The minimum atomic E-state index is -1.04. The van der Waals surface area contributed by atoms with E-state index in [2.05, 4.69) is 15.9 Å². The van der Waals surface area contributed by atoms with Crippen LogP contribution in [-0.4, -0.2) is 33.7 Å². The number of carboxylic acids is 1. The van der Waals surface area contributed by atoms with Crippen LogP contribution in [-0.2, 0) is 17.8 Å². The fraction of sp³-hybridized carbons (Fsp3) is 0.211. The predicted octanol–water partition coefficient (Wildman–Crippen LogP) is 3.96. The van der Waals surface area contributed by atoms with Gasteiger partial charge in [0.25, 0.3) is 5.91 Å². The maximum atomic E-state index is 13.0. The van der Waals surface area contributed by atoms with Gasteiger partial charge >= 0.3 is 5.97 Å². The number of hydrogen-bond donors (Lipinski definition) is 1. The van der Waals surface area contributed by atoms with Crippen LogP contribution in [0.15, 0.2) is 40.9 Å². The molecular weight excluding hydrogens is 422 g/mol. The lowest BCUT2D eigenvalue weighted by Gasteiger charge is -2.26. The normalized spacial score (nSPS) is 17.0. The van der Waals surface area contributed by atoms with Crippen LogP contribution in [0.4, 0.5) is 0 Å². The number of hydrogen-bond acceptors (Lipinski definition) is 3. The van der Waals surface area contributed by atoms with E-state index >= 15 is 0 Å². The first-order chi connectivity index (χ1) is 12.3. The average Bonchev–Trinajstić information content (AvgIpc) is 2.65. The Bertz CT molecular complexity index is 928. The van der Waals surface area contributed by atoms with E-state index in [0.717, 1.165) is 5.56 Å². The number of benzene rings is 2. The van der Waals surface area contributed by atoms with Crippen molar-refractivity contribution in [3.05, 3.63) is 68.1 Å². The van der Waals surface area contributed by atoms with E-state index in [9.17, 15) is 14.4 Å². The van der Waals surface area contributed by atoms with Crippen LogP contribution in [0.5, 0.6) is 0 Å². The van der Waals surface area contributed by atoms with Crippen molar-refractivity contribution in [3.63, 3.8) is 0 Å². The molecule has 1 N–H and O–H groups in total. The van der Waals surface area contributed by atoms with E-state index in [0.29, 0.717) is 20.6 Å². The molecule has 134 valence electrons. The van der Waals surface area contributed by atoms with Gasteiger partial charge in [-0.15, -0.1) is 0 Å². The largest absolute Gasteiger partial charge is 0.478 e. The molecule has 1 amide bonds. The summed E-state index contributed by atoms with van der Waals surface area (Å²) in [6, 6.07) is 9.11. The number of nitrogens with zero attached hydrogens (tertiary/aromatic N) is 1. The molecule has 0 saturated carbocycles. The minimum absolute atomic E-state index is 0.0689. The number of ketones is 1. The molecule has 0 unspecified atom stereocenters. The van der Waals surface area contributed by atoms with Crippen molar-refractivity contribution in [1.82, 2.24) is 4.90 Å². The number of carboxylic acid groups (broad SMARTS) is 1. The van der Waals surface area contributed by atoms with Gasteiger partial charge < -0.3 is 10.0 Å². The number of rotatable bonds is 3. The minimum Gasteiger partial charge on any atom is -0.478 e. The molecule has 0 spiro atoms. The Kier molecular flexibility index (Phi) is 5.16. The first-order valence-electron chi connectivity index (χ1n) is 7.91. The summed E-state index contributed by atoms with van der Waals surface area (Å²) in [7, 11) is 0. The molecule has 2 aromatic rings. The second kappa shape index (κ2) is 7.21. The average molecular weight is 437 g/mol. The SMILES string of the molecule is C[C@@H]1C(=O)Cc2cc(Cl)ccc2C(=O)N1Cc1ccc(C(=O)O)c(Br)c1. The number of aromatic carboxylic acids is 1. The molecule has 0 radical (unpaired) electrons. The zero-order chi connectivity index (χ0) is 19.0. The summed E-state index contributed by atoms with van der Waals surface area (Å²) in [5.74, 6) is -1.35. The molecule has 0 fully saturated rings. The van der Waals surface area contributed by atoms with Crippen LogP contribution in [0.25, 0.3) is 0 Å². The van der Waals surface area contributed by atoms with Gasteiger partial charge in [0.1, 0.15) is 0 Å². The second-order valence-corrected chi connectivity index (χ2v) is 7.46. The quantitative estimate of drug-likeness (QED) is 0.790. The van der Waals surface area contributed by atoms with Gasteiger partial charge in [0.15, 0.2) is 5.78 Å². The standard InChI is InChI=1S/C19H15BrClNO4/c1-10-17(23)8-12-7-13(21)3-5-14(12)18(24)22(10)9-11-2-4-15(19(25)26)16(20)6-11/h2-7,10H,8-9H2,1H3,(H,25,26)/t10-/m1/s1. The molecule has 2 aromatic carbocycles. The van der Waals surface area contributed by atoms with Gasteiger partial charge in [0, 0.05) is 28.0 Å². The molecule has 1 aliphatic rings. The predicted molar refractivity (Wildman–Crippen MR) is 101 cm³/mol. The van der Waals surface area contributed by atoms with Gasteiger partial charge in [-0.1, -0.05) is 17.7 Å². The molecule has 0 aromatic heterocycles. The Balaban J connectivity index is 1.97. The maximum absolute atomic E-state index is 13.0. The van der Waals surface area contributed by atoms with Gasteiger partial charge in [-0.05, 0) is 64.3 Å².